The third-order valence-electron chi connectivity index (χ3n) is 3.68. The van der Waals surface area contributed by atoms with E-state index in [1.54, 1.807) is 6.07 Å². The maximum atomic E-state index is 6.27. The molecule has 2 aromatic rings. The molecule has 116 valence electrons. The van der Waals surface area contributed by atoms with Crippen LogP contribution in [0.3, 0.4) is 0 Å². The molecule has 0 saturated heterocycles. The van der Waals surface area contributed by atoms with Gasteiger partial charge in [0.15, 0.2) is 0 Å². The van der Waals surface area contributed by atoms with Gasteiger partial charge in [-0.05, 0) is 56.0 Å². The molecule has 0 N–H and O–H groups in total. The third-order valence-corrected chi connectivity index (χ3v) is 4.99. The molecule has 1 atom stereocenters. The molecular formula is C18H18Cl3N. The molecule has 0 aliphatic rings. The average Bonchev–Trinajstić information content (AvgIpc) is 2.43. The summed E-state index contributed by atoms with van der Waals surface area (Å²) in [6.45, 7) is 8.27. The Bertz CT molecular complexity index is 712. The van der Waals surface area contributed by atoms with Gasteiger partial charge in [0.05, 0.1) is 21.1 Å². The molecule has 0 aliphatic heterocycles. The second-order valence-corrected chi connectivity index (χ2v) is 6.69. The number of benzene rings is 2. The first-order chi connectivity index (χ1) is 10.3. The summed E-state index contributed by atoms with van der Waals surface area (Å²) in [6.07, 6.45) is 1.91. The maximum Gasteiger partial charge on any atom is 0.0782 e. The molecule has 0 fully saturated rings. The minimum Gasteiger partial charge on any atom is -0.285 e. The van der Waals surface area contributed by atoms with Crippen molar-refractivity contribution in [3.8, 4) is 0 Å². The van der Waals surface area contributed by atoms with Crippen molar-refractivity contribution in [2.45, 2.75) is 33.7 Å². The molecule has 1 nitrogen and oxygen atoms in total. The number of rotatable bonds is 3. The van der Waals surface area contributed by atoms with Gasteiger partial charge in [0.2, 0.25) is 0 Å². The van der Waals surface area contributed by atoms with Gasteiger partial charge in [0.25, 0.3) is 0 Å². The van der Waals surface area contributed by atoms with E-state index in [9.17, 15) is 0 Å². The highest BCUT2D eigenvalue weighted by molar-refractivity contribution is 6.48. The van der Waals surface area contributed by atoms with E-state index in [0.29, 0.717) is 15.1 Å². The highest BCUT2D eigenvalue weighted by Crippen LogP contribution is 2.36. The van der Waals surface area contributed by atoms with E-state index < -0.39 is 0 Å². The first kappa shape index (κ1) is 17.3. The van der Waals surface area contributed by atoms with Crippen molar-refractivity contribution in [2.24, 2.45) is 4.99 Å². The molecule has 0 bridgehead atoms. The highest BCUT2D eigenvalue weighted by Gasteiger charge is 2.13. The molecule has 0 radical (unpaired) electrons. The molecule has 0 saturated carbocycles. The van der Waals surface area contributed by atoms with E-state index in [1.807, 2.05) is 19.2 Å². The van der Waals surface area contributed by atoms with E-state index in [1.165, 1.54) is 16.7 Å². The zero-order valence-electron chi connectivity index (χ0n) is 13.0. The largest absolute Gasteiger partial charge is 0.285 e. The Morgan fingerprint density at radius 3 is 2.14 bits per heavy atom. The molecular weight excluding hydrogens is 337 g/mol. The lowest BCUT2D eigenvalue weighted by molar-refractivity contribution is 0.825. The molecule has 2 rings (SSSR count). The fourth-order valence-corrected chi connectivity index (χ4v) is 3.23. The highest BCUT2D eigenvalue weighted by atomic mass is 35.5. The van der Waals surface area contributed by atoms with Crippen LogP contribution in [0.4, 0.5) is 0 Å². The van der Waals surface area contributed by atoms with Crippen LogP contribution in [-0.4, -0.2) is 6.21 Å². The van der Waals surface area contributed by atoms with Crippen LogP contribution < -0.4 is 0 Å². The predicted octanol–water partition coefficient (Wildman–Crippen LogP) is 6.75. The molecule has 4 heteroatoms. The Morgan fingerprint density at radius 1 is 0.955 bits per heavy atom. The Kier molecular flexibility index (Phi) is 5.55. The SMILES string of the molecule is Cc1cc(C)c(/C=N\C(C)c2ccc(Cl)c(Cl)c2Cl)c(C)c1. The first-order valence-corrected chi connectivity index (χ1v) is 8.19. The van der Waals surface area contributed by atoms with Crippen molar-refractivity contribution in [1.29, 1.82) is 0 Å². The van der Waals surface area contributed by atoms with Crippen molar-refractivity contribution >= 4 is 41.0 Å². The van der Waals surface area contributed by atoms with Crippen LogP contribution in [0.5, 0.6) is 0 Å². The quantitative estimate of drug-likeness (QED) is 0.427. The minimum absolute atomic E-state index is 0.0950. The lowest BCUT2D eigenvalue weighted by Gasteiger charge is -2.12. The lowest BCUT2D eigenvalue weighted by Crippen LogP contribution is -1.97. The Labute approximate surface area is 146 Å². The van der Waals surface area contributed by atoms with Crippen molar-refractivity contribution in [3.05, 3.63) is 67.2 Å². The molecule has 0 aromatic heterocycles. The van der Waals surface area contributed by atoms with Crippen LogP contribution in [0.1, 0.15) is 40.8 Å². The van der Waals surface area contributed by atoms with Gasteiger partial charge in [-0.15, -0.1) is 0 Å². The van der Waals surface area contributed by atoms with Gasteiger partial charge in [-0.3, -0.25) is 4.99 Å². The zero-order valence-corrected chi connectivity index (χ0v) is 15.3. The molecule has 0 amide bonds. The standard InChI is InChI=1S/C18H18Cl3N/c1-10-7-11(2)15(12(3)8-10)9-22-13(4)14-5-6-16(19)18(21)17(14)20/h5-9,13H,1-4H3/b22-9-. The predicted molar refractivity (Wildman–Crippen MR) is 98.1 cm³/mol. The van der Waals surface area contributed by atoms with Gasteiger partial charge in [-0.2, -0.15) is 0 Å². The summed E-state index contributed by atoms with van der Waals surface area (Å²) in [5, 5.41) is 1.30. The van der Waals surface area contributed by atoms with Crippen LogP contribution in [0.25, 0.3) is 0 Å². The normalized spacial score (nSPS) is 12.9. The summed E-state index contributed by atoms with van der Waals surface area (Å²) in [5.74, 6) is 0. The zero-order chi connectivity index (χ0) is 16.4. The smallest absolute Gasteiger partial charge is 0.0782 e. The lowest BCUT2D eigenvalue weighted by atomic mass is 10.0. The van der Waals surface area contributed by atoms with E-state index in [4.69, 9.17) is 34.8 Å². The monoisotopic (exact) mass is 353 g/mol. The summed E-state index contributed by atoms with van der Waals surface area (Å²) in [4.78, 5) is 4.64. The summed E-state index contributed by atoms with van der Waals surface area (Å²) in [6, 6.07) is 7.84. The average molecular weight is 355 g/mol. The van der Waals surface area contributed by atoms with Crippen molar-refractivity contribution < 1.29 is 0 Å². The van der Waals surface area contributed by atoms with Gasteiger partial charge >= 0.3 is 0 Å². The molecule has 2 aromatic carbocycles. The molecule has 22 heavy (non-hydrogen) atoms. The van der Waals surface area contributed by atoms with Crippen LogP contribution in [0.15, 0.2) is 29.3 Å². The number of hydrogen-bond donors (Lipinski definition) is 0. The molecule has 0 aliphatic carbocycles. The fraction of sp³-hybridized carbons (Fsp3) is 0.278. The van der Waals surface area contributed by atoms with E-state index in [0.717, 1.165) is 11.1 Å². The molecule has 0 spiro atoms. The van der Waals surface area contributed by atoms with Crippen molar-refractivity contribution in [1.82, 2.24) is 0 Å². The summed E-state index contributed by atoms with van der Waals surface area (Å²) in [7, 11) is 0. The third kappa shape index (κ3) is 3.65. The minimum atomic E-state index is -0.0950. The molecule has 1 unspecified atom stereocenters. The topological polar surface area (TPSA) is 12.4 Å². The maximum absolute atomic E-state index is 6.27. The van der Waals surface area contributed by atoms with E-state index in [2.05, 4.69) is 37.9 Å². The van der Waals surface area contributed by atoms with E-state index >= 15 is 0 Å². The summed E-state index contributed by atoms with van der Waals surface area (Å²) < 4.78 is 0. The van der Waals surface area contributed by atoms with Gasteiger partial charge in [-0.25, -0.2) is 0 Å². The Balaban J connectivity index is 2.33. The number of aliphatic imine (C=N–C) groups is 1. The number of hydrogen-bond acceptors (Lipinski definition) is 1. The number of halogens is 3. The second kappa shape index (κ2) is 7.04. The van der Waals surface area contributed by atoms with Gasteiger partial charge in [0, 0.05) is 6.21 Å². The Hall–Kier alpha value is -1.02. The van der Waals surface area contributed by atoms with E-state index in [-0.39, 0.29) is 6.04 Å². The van der Waals surface area contributed by atoms with Crippen LogP contribution in [0, 0.1) is 20.8 Å². The molecule has 0 heterocycles. The van der Waals surface area contributed by atoms with Crippen LogP contribution in [0.2, 0.25) is 15.1 Å². The second-order valence-electron chi connectivity index (χ2n) is 5.53. The van der Waals surface area contributed by atoms with Gasteiger partial charge < -0.3 is 0 Å². The first-order valence-electron chi connectivity index (χ1n) is 7.05. The summed E-state index contributed by atoms with van der Waals surface area (Å²) in [5.41, 5.74) is 5.71. The number of nitrogens with zero attached hydrogens (tertiary/aromatic N) is 1. The summed E-state index contributed by atoms with van der Waals surface area (Å²) >= 11 is 18.3. The van der Waals surface area contributed by atoms with Crippen molar-refractivity contribution in [2.75, 3.05) is 0 Å². The van der Waals surface area contributed by atoms with Gasteiger partial charge in [0.1, 0.15) is 0 Å². The van der Waals surface area contributed by atoms with Gasteiger partial charge in [-0.1, -0.05) is 58.6 Å². The van der Waals surface area contributed by atoms with Crippen molar-refractivity contribution in [3.63, 3.8) is 0 Å². The van der Waals surface area contributed by atoms with Crippen LogP contribution >= 0.6 is 34.8 Å². The number of aryl methyl sites for hydroxylation is 3. The van der Waals surface area contributed by atoms with Crippen LogP contribution in [-0.2, 0) is 0 Å². The fourth-order valence-electron chi connectivity index (χ4n) is 2.52. The Morgan fingerprint density at radius 2 is 1.55 bits per heavy atom.